The minimum absolute atomic E-state index is 0.0105. The molecule has 0 aliphatic heterocycles. The summed E-state index contributed by atoms with van der Waals surface area (Å²) in [5.41, 5.74) is 1.05. The predicted octanol–water partition coefficient (Wildman–Crippen LogP) is 3.67. The first kappa shape index (κ1) is 13.3. The molecule has 1 aliphatic rings. The Hall–Kier alpha value is -0.0900. The number of benzene rings is 1. The Morgan fingerprint density at radius 2 is 2.12 bits per heavy atom. The van der Waals surface area contributed by atoms with E-state index in [4.69, 9.17) is 11.6 Å². The maximum atomic E-state index is 9.48. The second kappa shape index (κ2) is 6.19. The van der Waals surface area contributed by atoms with Gasteiger partial charge in [-0.3, -0.25) is 0 Å². The van der Waals surface area contributed by atoms with Gasteiger partial charge in [0.15, 0.2) is 0 Å². The van der Waals surface area contributed by atoms with Gasteiger partial charge in [-0.05, 0) is 46.5 Å². The number of halogens is 2. The van der Waals surface area contributed by atoms with E-state index in [9.17, 15) is 5.11 Å². The van der Waals surface area contributed by atoms with Gasteiger partial charge in [0.1, 0.15) is 0 Å². The van der Waals surface area contributed by atoms with Crippen LogP contribution < -0.4 is 5.32 Å². The second-order valence-corrected chi connectivity index (χ2v) is 5.82. The first-order chi connectivity index (χ1) is 8.20. The van der Waals surface area contributed by atoms with E-state index in [1.54, 1.807) is 0 Å². The van der Waals surface area contributed by atoms with Crippen LogP contribution >= 0.6 is 27.5 Å². The minimum atomic E-state index is -0.0105. The Bertz CT molecular complexity index is 380. The smallest absolute Gasteiger partial charge is 0.0626 e. The third-order valence-corrected chi connectivity index (χ3v) is 4.55. The monoisotopic (exact) mass is 317 g/mol. The van der Waals surface area contributed by atoms with Crippen molar-refractivity contribution in [2.45, 2.75) is 37.8 Å². The highest BCUT2D eigenvalue weighted by Crippen LogP contribution is 2.27. The lowest BCUT2D eigenvalue weighted by atomic mass is 10.1. The Morgan fingerprint density at radius 1 is 1.41 bits per heavy atom. The van der Waals surface area contributed by atoms with Gasteiger partial charge in [-0.25, -0.2) is 0 Å². The maximum Gasteiger partial charge on any atom is 0.0626 e. The largest absolute Gasteiger partial charge is 0.394 e. The highest BCUT2D eigenvalue weighted by molar-refractivity contribution is 9.10. The van der Waals surface area contributed by atoms with E-state index in [1.165, 1.54) is 25.7 Å². The Balaban J connectivity index is 2.08. The molecule has 0 amide bonds. The van der Waals surface area contributed by atoms with Crippen molar-refractivity contribution < 1.29 is 5.11 Å². The summed E-state index contributed by atoms with van der Waals surface area (Å²) in [6.45, 7) is 0.106. The van der Waals surface area contributed by atoms with Crippen LogP contribution in [0.2, 0.25) is 5.02 Å². The summed E-state index contributed by atoms with van der Waals surface area (Å²) in [4.78, 5) is 0. The third kappa shape index (κ3) is 3.44. The van der Waals surface area contributed by atoms with E-state index in [0.29, 0.717) is 11.1 Å². The summed E-state index contributed by atoms with van der Waals surface area (Å²) in [6, 6.07) is 6.36. The van der Waals surface area contributed by atoms with E-state index in [0.717, 1.165) is 10.0 Å². The molecule has 0 heterocycles. The lowest BCUT2D eigenvalue weighted by molar-refractivity contribution is 0.233. The molecular formula is C13H17BrClNO. The molecule has 1 aliphatic carbocycles. The molecule has 2 rings (SSSR count). The minimum Gasteiger partial charge on any atom is -0.394 e. The molecule has 17 heavy (non-hydrogen) atoms. The molecule has 0 saturated heterocycles. The summed E-state index contributed by atoms with van der Waals surface area (Å²) in [6.07, 6.45) is 5.00. The van der Waals surface area contributed by atoms with Crippen molar-refractivity contribution in [1.82, 2.24) is 5.32 Å². The lowest BCUT2D eigenvalue weighted by Crippen LogP contribution is -2.32. The van der Waals surface area contributed by atoms with Gasteiger partial charge in [0.2, 0.25) is 0 Å². The molecule has 1 aromatic rings. The van der Waals surface area contributed by atoms with Gasteiger partial charge in [0.25, 0.3) is 0 Å². The van der Waals surface area contributed by atoms with Crippen LogP contribution in [0.25, 0.3) is 0 Å². The van der Waals surface area contributed by atoms with Gasteiger partial charge < -0.3 is 10.4 Å². The van der Waals surface area contributed by atoms with Crippen LogP contribution in [0, 0.1) is 0 Å². The molecular weight excluding hydrogens is 302 g/mol. The van der Waals surface area contributed by atoms with Gasteiger partial charge in [-0.15, -0.1) is 0 Å². The molecule has 1 saturated carbocycles. The summed E-state index contributed by atoms with van der Waals surface area (Å²) >= 11 is 9.45. The molecule has 1 unspecified atom stereocenters. The number of nitrogens with one attached hydrogen (secondary N) is 1. The number of hydrogen-bond donors (Lipinski definition) is 2. The molecule has 4 heteroatoms. The van der Waals surface area contributed by atoms with Crippen molar-refractivity contribution in [1.29, 1.82) is 0 Å². The SMILES string of the molecule is OCC(NC1CCCC1)c1ccc(Br)c(Cl)c1. The first-order valence-corrected chi connectivity index (χ1v) is 7.19. The zero-order chi connectivity index (χ0) is 12.3. The molecule has 0 bridgehead atoms. The molecule has 94 valence electrons. The summed E-state index contributed by atoms with van der Waals surface area (Å²) in [5, 5.41) is 13.7. The van der Waals surface area contributed by atoms with Gasteiger partial charge in [-0.1, -0.05) is 30.5 Å². The van der Waals surface area contributed by atoms with E-state index >= 15 is 0 Å². The van der Waals surface area contributed by atoms with Gasteiger partial charge >= 0.3 is 0 Å². The highest BCUT2D eigenvalue weighted by atomic mass is 79.9. The molecule has 1 aromatic carbocycles. The summed E-state index contributed by atoms with van der Waals surface area (Å²) in [5.74, 6) is 0. The van der Waals surface area contributed by atoms with E-state index in [2.05, 4.69) is 21.2 Å². The molecule has 0 radical (unpaired) electrons. The zero-order valence-electron chi connectivity index (χ0n) is 9.63. The van der Waals surface area contributed by atoms with E-state index in [-0.39, 0.29) is 12.6 Å². The van der Waals surface area contributed by atoms with Crippen molar-refractivity contribution in [3.8, 4) is 0 Å². The zero-order valence-corrected chi connectivity index (χ0v) is 12.0. The fourth-order valence-electron chi connectivity index (χ4n) is 2.36. The topological polar surface area (TPSA) is 32.3 Å². The van der Waals surface area contributed by atoms with Crippen LogP contribution in [-0.2, 0) is 0 Å². The van der Waals surface area contributed by atoms with Crippen molar-refractivity contribution >= 4 is 27.5 Å². The second-order valence-electron chi connectivity index (χ2n) is 4.56. The molecule has 0 aromatic heterocycles. The van der Waals surface area contributed by atoms with Gasteiger partial charge in [0.05, 0.1) is 17.7 Å². The quantitative estimate of drug-likeness (QED) is 0.888. The Morgan fingerprint density at radius 3 is 2.71 bits per heavy atom. The number of rotatable bonds is 4. The molecule has 2 N–H and O–H groups in total. The van der Waals surface area contributed by atoms with Crippen LogP contribution in [0.5, 0.6) is 0 Å². The maximum absolute atomic E-state index is 9.48. The van der Waals surface area contributed by atoms with Crippen LogP contribution in [0.15, 0.2) is 22.7 Å². The molecule has 1 fully saturated rings. The summed E-state index contributed by atoms with van der Waals surface area (Å²) < 4.78 is 0.889. The Labute approximate surface area is 115 Å². The predicted molar refractivity (Wildman–Crippen MR) is 74.4 cm³/mol. The molecule has 2 nitrogen and oxygen atoms in total. The van der Waals surface area contributed by atoms with E-state index < -0.39 is 0 Å². The summed E-state index contributed by atoms with van der Waals surface area (Å²) in [7, 11) is 0. The van der Waals surface area contributed by atoms with Crippen LogP contribution in [0.3, 0.4) is 0 Å². The average molecular weight is 319 g/mol. The van der Waals surface area contributed by atoms with Crippen molar-refractivity contribution in [3.05, 3.63) is 33.3 Å². The van der Waals surface area contributed by atoms with Crippen molar-refractivity contribution in [2.24, 2.45) is 0 Å². The fourth-order valence-corrected chi connectivity index (χ4v) is 2.80. The molecule has 0 spiro atoms. The first-order valence-electron chi connectivity index (χ1n) is 6.02. The average Bonchev–Trinajstić information content (AvgIpc) is 2.82. The standard InChI is InChI=1S/C13H17BrClNO/c14-11-6-5-9(7-12(11)15)13(8-17)16-10-3-1-2-4-10/h5-7,10,13,16-17H,1-4,8H2. The van der Waals surface area contributed by atoms with Gasteiger partial charge in [-0.2, -0.15) is 0 Å². The normalized spacial score (nSPS) is 18.5. The third-order valence-electron chi connectivity index (χ3n) is 3.32. The number of aliphatic hydroxyl groups excluding tert-OH is 1. The number of hydrogen-bond acceptors (Lipinski definition) is 2. The fraction of sp³-hybridized carbons (Fsp3) is 0.538. The van der Waals surface area contributed by atoms with Crippen LogP contribution in [0.1, 0.15) is 37.3 Å². The van der Waals surface area contributed by atoms with Crippen LogP contribution in [0.4, 0.5) is 0 Å². The lowest BCUT2D eigenvalue weighted by Gasteiger charge is -2.21. The Kier molecular flexibility index (Phi) is 4.86. The van der Waals surface area contributed by atoms with Gasteiger partial charge in [0, 0.05) is 10.5 Å². The van der Waals surface area contributed by atoms with Crippen molar-refractivity contribution in [2.75, 3.05) is 6.61 Å². The number of aliphatic hydroxyl groups is 1. The van der Waals surface area contributed by atoms with Crippen molar-refractivity contribution in [3.63, 3.8) is 0 Å². The van der Waals surface area contributed by atoms with E-state index in [1.807, 2.05) is 18.2 Å². The highest BCUT2D eigenvalue weighted by Gasteiger charge is 2.20. The van der Waals surface area contributed by atoms with Crippen LogP contribution in [-0.4, -0.2) is 17.8 Å². The molecule has 1 atom stereocenters.